The van der Waals surface area contributed by atoms with Crippen molar-refractivity contribution in [2.24, 2.45) is 0 Å². The molecule has 140 valence electrons. The van der Waals surface area contributed by atoms with Crippen molar-refractivity contribution in [2.75, 3.05) is 23.4 Å². The van der Waals surface area contributed by atoms with E-state index in [1.54, 1.807) is 11.1 Å². The second-order valence-electron chi connectivity index (χ2n) is 7.13. The summed E-state index contributed by atoms with van der Waals surface area (Å²) in [4.78, 5) is 35.2. The maximum atomic E-state index is 12.3. The minimum atomic E-state index is -0.185. The summed E-state index contributed by atoms with van der Waals surface area (Å²) in [5.74, 6) is 1.26. The Kier molecular flexibility index (Phi) is 4.30. The normalized spacial score (nSPS) is 18.7. The van der Waals surface area contributed by atoms with E-state index < -0.39 is 0 Å². The van der Waals surface area contributed by atoms with Gasteiger partial charge in [0.1, 0.15) is 11.6 Å². The molecule has 0 saturated carbocycles. The number of benzene rings is 1. The highest BCUT2D eigenvalue weighted by Gasteiger charge is 2.32. The molecule has 1 aromatic carbocycles. The van der Waals surface area contributed by atoms with E-state index in [2.05, 4.69) is 10.3 Å². The Morgan fingerprint density at radius 3 is 2.89 bits per heavy atom. The summed E-state index contributed by atoms with van der Waals surface area (Å²) < 4.78 is 5.59. The van der Waals surface area contributed by atoms with Gasteiger partial charge in [-0.1, -0.05) is 13.8 Å². The number of nitrogens with one attached hydrogen (secondary N) is 1. The number of likely N-dealkylation sites (N-methyl/N-ethyl adjacent to an activating group) is 1. The van der Waals surface area contributed by atoms with E-state index in [1.165, 1.54) is 0 Å². The van der Waals surface area contributed by atoms with Crippen molar-refractivity contribution in [3.8, 4) is 5.75 Å². The maximum Gasteiger partial charge on any atom is 0.265 e. The monoisotopic (exact) mass is 366 g/mol. The molecule has 0 aliphatic carbocycles. The standard InChI is InChI=1S/C20H22N4O3/c1-4-24-16-7-12-13(14-5-6-21-20(23-14)11(2)3)8-18(25)22-15(12)9-17(16)27-10-19(24)26/h5-7,9,11,13H,4,8,10H2,1-3H3,(H,22,25)/t13-/m0/s1. The minimum Gasteiger partial charge on any atom is -0.481 e. The Morgan fingerprint density at radius 1 is 1.33 bits per heavy atom. The summed E-state index contributed by atoms with van der Waals surface area (Å²) in [5, 5.41) is 2.93. The number of rotatable bonds is 3. The van der Waals surface area contributed by atoms with Crippen LogP contribution in [0.1, 0.15) is 56.1 Å². The van der Waals surface area contributed by atoms with E-state index in [9.17, 15) is 9.59 Å². The Hall–Kier alpha value is -2.96. The van der Waals surface area contributed by atoms with Gasteiger partial charge in [0.15, 0.2) is 6.61 Å². The number of carbonyl (C=O) groups excluding carboxylic acids is 2. The molecule has 2 aliphatic rings. The number of anilines is 2. The topological polar surface area (TPSA) is 84.4 Å². The second-order valence-corrected chi connectivity index (χ2v) is 7.13. The van der Waals surface area contributed by atoms with Crippen molar-refractivity contribution in [1.82, 2.24) is 9.97 Å². The molecular formula is C20H22N4O3. The fourth-order valence-electron chi connectivity index (χ4n) is 3.63. The number of hydrogen-bond donors (Lipinski definition) is 1. The molecular weight excluding hydrogens is 344 g/mol. The van der Waals surface area contributed by atoms with Crippen molar-refractivity contribution in [3.63, 3.8) is 0 Å². The average molecular weight is 366 g/mol. The highest BCUT2D eigenvalue weighted by Crippen LogP contribution is 2.44. The van der Waals surface area contributed by atoms with Crippen molar-refractivity contribution in [2.45, 2.75) is 39.0 Å². The lowest BCUT2D eigenvalue weighted by atomic mass is 9.87. The minimum absolute atomic E-state index is 0.0145. The Bertz CT molecular complexity index is 925. The van der Waals surface area contributed by atoms with Crippen LogP contribution in [0.5, 0.6) is 5.75 Å². The highest BCUT2D eigenvalue weighted by molar-refractivity contribution is 6.01. The SMILES string of the molecule is CCN1C(=O)COc2cc3c(cc21)[C@@H](c1ccnc(C(C)C)n1)CC(=O)N3. The summed E-state index contributed by atoms with van der Waals surface area (Å²) in [6.45, 7) is 6.60. The molecule has 0 saturated heterocycles. The summed E-state index contributed by atoms with van der Waals surface area (Å²) in [5.41, 5.74) is 3.21. The summed E-state index contributed by atoms with van der Waals surface area (Å²) in [6, 6.07) is 5.62. The van der Waals surface area contributed by atoms with Crippen LogP contribution in [0.4, 0.5) is 11.4 Å². The van der Waals surface area contributed by atoms with Crippen LogP contribution >= 0.6 is 0 Å². The lowest BCUT2D eigenvalue weighted by molar-refractivity contribution is -0.121. The van der Waals surface area contributed by atoms with Gasteiger partial charge < -0.3 is 15.0 Å². The molecule has 1 N–H and O–H groups in total. The fraction of sp³-hybridized carbons (Fsp3) is 0.400. The second kappa shape index (κ2) is 6.64. The van der Waals surface area contributed by atoms with Crippen molar-refractivity contribution in [3.05, 3.63) is 41.5 Å². The molecule has 0 bridgehead atoms. The largest absolute Gasteiger partial charge is 0.481 e. The van der Waals surface area contributed by atoms with Gasteiger partial charge in [0.25, 0.3) is 5.91 Å². The zero-order valence-corrected chi connectivity index (χ0v) is 15.7. The molecule has 3 heterocycles. The lowest BCUT2D eigenvalue weighted by Crippen LogP contribution is -2.39. The van der Waals surface area contributed by atoms with Gasteiger partial charge in [0.05, 0.1) is 11.4 Å². The lowest BCUT2D eigenvalue weighted by Gasteiger charge is -2.32. The quantitative estimate of drug-likeness (QED) is 0.903. The van der Waals surface area contributed by atoms with Gasteiger partial charge in [-0.15, -0.1) is 0 Å². The number of carbonyl (C=O) groups is 2. The predicted molar refractivity (Wildman–Crippen MR) is 101 cm³/mol. The first-order chi connectivity index (χ1) is 13.0. The zero-order valence-electron chi connectivity index (χ0n) is 15.7. The van der Waals surface area contributed by atoms with Crippen LogP contribution in [0.15, 0.2) is 24.4 Å². The van der Waals surface area contributed by atoms with Crippen LogP contribution in [-0.4, -0.2) is 34.9 Å². The molecule has 1 aromatic heterocycles. The third-order valence-corrected chi connectivity index (χ3v) is 5.00. The van der Waals surface area contributed by atoms with Crippen LogP contribution < -0.4 is 15.0 Å². The summed E-state index contributed by atoms with van der Waals surface area (Å²) in [7, 11) is 0. The average Bonchev–Trinajstić information content (AvgIpc) is 2.66. The van der Waals surface area contributed by atoms with E-state index in [1.807, 2.05) is 39.0 Å². The van der Waals surface area contributed by atoms with Gasteiger partial charge in [-0.25, -0.2) is 9.97 Å². The van der Waals surface area contributed by atoms with Crippen LogP contribution in [-0.2, 0) is 9.59 Å². The number of amides is 2. The molecule has 2 amide bonds. The number of nitrogens with zero attached hydrogens (tertiary/aromatic N) is 3. The molecule has 7 nitrogen and oxygen atoms in total. The van der Waals surface area contributed by atoms with E-state index >= 15 is 0 Å². The first kappa shape index (κ1) is 17.5. The molecule has 0 radical (unpaired) electrons. The molecule has 0 fully saturated rings. The van der Waals surface area contributed by atoms with Crippen molar-refractivity contribution < 1.29 is 14.3 Å². The number of fused-ring (bicyclic) bond motifs is 2. The molecule has 2 aromatic rings. The Labute approximate surface area is 157 Å². The molecule has 0 unspecified atom stereocenters. The van der Waals surface area contributed by atoms with Gasteiger partial charge in [-0.2, -0.15) is 0 Å². The molecule has 1 atom stereocenters. The van der Waals surface area contributed by atoms with E-state index in [0.29, 0.717) is 24.4 Å². The van der Waals surface area contributed by atoms with Crippen LogP contribution in [0.2, 0.25) is 0 Å². The van der Waals surface area contributed by atoms with Gasteiger partial charge in [0.2, 0.25) is 5.91 Å². The predicted octanol–water partition coefficient (Wildman–Crippen LogP) is 2.82. The summed E-state index contributed by atoms with van der Waals surface area (Å²) >= 11 is 0. The molecule has 2 aliphatic heterocycles. The van der Waals surface area contributed by atoms with E-state index in [0.717, 1.165) is 22.8 Å². The molecule has 7 heteroatoms. The van der Waals surface area contributed by atoms with Gasteiger partial charge in [0, 0.05) is 42.8 Å². The highest BCUT2D eigenvalue weighted by atomic mass is 16.5. The summed E-state index contributed by atoms with van der Waals surface area (Å²) in [6.07, 6.45) is 2.05. The third kappa shape index (κ3) is 3.03. The Balaban J connectivity index is 1.84. The van der Waals surface area contributed by atoms with E-state index in [4.69, 9.17) is 9.72 Å². The van der Waals surface area contributed by atoms with E-state index in [-0.39, 0.29) is 30.3 Å². The number of hydrogen-bond acceptors (Lipinski definition) is 5. The molecule has 27 heavy (non-hydrogen) atoms. The first-order valence-electron chi connectivity index (χ1n) is 9.21. The van der Waals surface area contributed by atoms with Crippen LogP contribution in [0.25, 0.3) is 0 Å². The number of aromatic nitrogens is 2. The van der Waals surface area contributed by atoms with Crippen molar-refractivity contribution >= 4 is 23.2 Å². The van der Waals surface area contributed by atoms with Crippen LogP contribution in [0, 0.1) is 0 Å². The smallest absolute Gasteiger partial charge is 0.265 e. The van der Waals surface area contributed by atoms with Gasteiger partial charge in [-0.3, -0.25) is 9.59 Å². The van der Waals surface area contributed by atoms with Crippen LogP contribution in [0.3, 0.4) is 0 Å². The fourth-order valence-corrected chi connectivity index (χ4v) is 3.63. The molecule has 4 rings (SSSR count). The maximum absolute atomic E-state index is 12.3. The van der Waals surface area contributed by atoms with Gasteiger partial charge >= 0.3 is 0 Å². The Morgan fingerprint density at radius 2 is 2.15 bits per heavy atom. The van der Waals surface area contributed by atoms with Gasteiger partial charge in [-0.05, 0) is 24.6 Å². The number of ether oxygens (including phenoxy) is 1. The first-order valence-corrected chi connectivity index (χ1v) is 9.21. The van der Waals surface area contributed by atoms with Crippen molar-refractivity contribution in [1.29, 1.82) is 0 Å². The third-order valence-electron chi connectivity index (χ3n) is 5.00. The zero-order chi connectivity index (χ0) is 19.1. The molecule has 0 spiro atoms.